The Morgan fingerprint density at radius 3 is 2.38 bits per heavy atom. The second kappa shape index (κ2) is 4.89. The first-order valence-corrected chi connectivity index (χ1v) is 4.20. The molecule has 7 heteroatoms. The van der Waals surface area contributed by atoms with Crippen LogP contribution < -0.4 is 22.0 Å². The maximum atomic E-state index is 11.1. The maximum Gasteiger partial charge on any atom is 0.323 e. The molecule has 0 saturated carbocycles. The summed E-state index contributed by atoms with van der Waals surface area (Å²) in [7, 11) is 0. The topological polar surface area (TPSA) is 122 Å². The molecule has 0 saturated heterocycles. The molecule has 84 valence electrons. The van der Waals surface area contributed by atoms with Gasteiger partial charge in [-0.1, -0.05) is 0 Å². The fourth-order valence-electron chi connectivity index (χ4n) is 0.894. The molecule has 0 radical (unpaired) electrons. The Labute approximate surface area is 89.9 Å². The van der Waals surface area contributed by atoms with Crippen LogP contribution in [0.25, 0.3) is 0 Å². The van der Waals surface area contributed by atoms with E-state index in [9.17, 15) is 14.4 Å². The Kier molecular flexibility index (Phi) is 3.57. The molecule has 2 amide bonds. The molecule has 0 aliphatic rings. The highest BCUT2D eigenvalue weighted by atomic mass is 16.3. The van der Waals surface area contributed by atoms with Gasteiger partial charge in [0.25, 0.3) is 0 Å². The van der Waals surface area contributed by atoms with Crippen molar-refractivity contribution in [1.29, 1.82) is 0 Å². The average Bonchev–Trinajstić information content (AvgIpc) is 2.43. The molecule has 16 heavy (non-hydrogen) atoms. The molecule has 0 aliphatic carbocycles. The second-order valence-electron chi connectivity index (χ2n) is 2.80. The van der Waals surface area contributed by atoms with Crippen molar-refractivity contribution in [2.24, 2.45) is 5.84 Å². The van der Waals surface area contributed by atoms with Gasteiger partial charge in [-0.05, 0) is 24.3 Å². The van der Waals surface area contributed by atoms with Crippen LogP contribution in [-0.2, 0) is 9.59 Å². The van der Waals surface area contributed by atoms with E-state index in [0.717, 1.165) is 12.1 Å². The number of hydrogen-bond acceptors (Lipinski definition) is 5. The lowest BCUT2D eigenvalue weighted by atomic mass is 10.4. The van der Waals surface area contributed by atoms with Gasteiger partial charge in [0.05, 0.1) is 0 Å². The predicted molar refractivity (Wildman–Crippen MR) is 55.3 cm³/mol. The van der Waals surface area contributed by atoms with Crippen molar-refractivity contribution >= 4 is 17.5 Å². The lowest BCUT2D eigenvalue weighted by molar-refractivity contribution is -0.136. The van der Waals surface area contributed by atoms with E-state index in [4.69, 9.17) is 10.9 Å². The Hall–Kier alpha value is -2.41. The number of rotatable bonds is 1. The van der Waals surface area contributed by atoms with Gasteiger partial charge < -0.3 is 10.4 Å². The largest absolute Gasteiger partial charge is 0.504 e. The van der Waals surface area contributed by atoms with E-state index in [1.165, 1.54) is 12.1 Å². The lowest BCUT2D eigenvalue weighted by Crippen LogP contribution is -2.39. The van der Waals surface area contributed by atoms with Crippen LogP contribution in [0.3, 0.4) is 0 Å². The van der Waals surface area contributed by atoms with Gasteiger partial charge in [0.2, 0.25) is 5.43 Å². The van der Waals surface area contributed by atoms with Gasteiger partial charge in [-0.15, -0.1) is 0 Å². The Morgan fingerprint density at radius 1 is 1.12 bits per heavy atom. The van der Waals surface area contributed by atoms with E-state index in [0.29, 0.717) is 0 Å². The van der Waals surface area contributed by atoms with E-state index >= 15 is 0 Å². The molecule has 0 bridgehead atoms. The minimum atomic E-state index is -1.02. The number of carbonyl (C=O) groups excluding carboxylic acids is 2. The van der Waals surface area contributed by atoms with Gasteiger partial charge >= 0.3 is 11.8 Å². The Bertz CT molecular complexity index is 486. The van der Waals surface area contributed by atoms with Gasteiger partial charge in [0.15, 0.2) is 5.75 Å². The summed E-state index contributed by atoms with van der Waals surface area (Å²) < 4.78 is 0. The summed E-state index contributed by atoms with van der Waals surface area (Å²) in [5.41, 5.74) is 1.25. The summed E-state index contributed by atoms with van der Waals surface area (Å²) in [4.78, 5) is 32.8. The third kappa shape index (κ3) is 2.79. The summed E-state index contributed by atoms with van der Waals surface area (Å²) >= 11 is 0. The molecule has 5 N–H and O–H groups in total. The van der Waals surface area contributed by atoms with Crippen LogP contribution in [0.4, 0.5) is 5.69 Å². The molecular weight excluding hydrogens is 214 g/mol. The summed E-state index contributed by atoms with van der Waals surface area (Å²) in [6, 6.07) is 4.70. The van der Waals surface area contributed by atoms with Crippen molar-refractivity contribution in [2.75, 3.05) is 5.32 Å². The van der Waals surface area contributed by atoms with Crippen LogP contribution in [0.1, 0.15) is 0 Å². The van der Waals surface area contributed by atoms with Crippen LogP contribution in [0.5, 0.6) is 5.75 Å². The molecule has 1 aromatic carbocycles. The van der Waals surface area contributed by atoms with E-state index in [1.54, 1.807) is 5.43 Å². The smallest absolute Gasteiger partial charge is 0.323 e. The number of hydrogen-bond donors (Lipinski definition) is 4. The highest BCUT2D eigenvalue weighted by Gasteiger charge is 2.11. The number of nitrogens with two attached hydrogens (primary N) is 1. The molecule has 7 nitrogen and oxygen atoms in total. The van der Waals surface area contributed by atoms with Gasteiger partial charge in [-0.3, -0.25) is 19.8 Å². The van der Waals surface area contributed by atoms with Gasteiger partial charge in [-0.2, -0.15) is 0 Å². The van der Waals surface area contributed by atoms with E-state index in [2.05, 4.69) is 5.32 Å². The molecule has 0 unspecified atom stereocenters. The SMILES string of the molecule is NNC(=O)C(=O)Nc1ccc(O)c(=O)cc1. The summed E-state index contributed by atoms with van der Waals surface area (Å²) in [5.74, 6) is 2.31. The third-order valence-electron chi connectivity index (χ3n) is 1.68. The van der Waals surface area contributed by atoms with Crippen molar-refractivity contribution in [2.45, 2.75) is 0 Å². The summed E-state index contributed by atoms with van der Waals surface area (Å²) in [6.07, 6.45) is 0. The van der Waals surface area contributed by atoms with E-state index in [-0.39, 0.29) is 5.69 Å². The molecule has 0 aromatic heterocycles. The molecule has 0 aliphatic heterocycles. The van der Waals surface area contributed by atoms with Crippen molar-refractivity contribution in [3.05, 3.63) is 34.5 Å². The Morgan fingerprint density at radius 2 is 1.75 bits per heavy atom. The number of carbonyl (C=O) groups is 2. The van der Waals surface area contributed by atoms with Crippen molar-refractivity contribution in [3.63, 3.8) is 0 Å². The van der Waals surface area contributed by atoms with Gasteiger partial charge in [0.1, 0.15) is 0 Å². The molecule has 0 spiro atoms. The standard InChI is InChI=1S/C9H9N3O4/c10-12-9(16)8(15)11-5-1-3-6(13)7(14)4-2-5/h1-4H,10H2,(H,11,15)(H,12,16)(H,13,14). The molecule has 1 rings (SSSR count). The van der Waals surface area contributed by atoms with E-state index in [1.807, 2.05) is 0 Å². The maximum absolute atomic E-state index is 11.1. The normalized spacial score (nSPS) is 9.31. The van der Waals surface area contributed by atoms with Crippen molar-refractivity contribution < 1.29 is 14.7 Å². The highest BCUT2D eigenvalue weighted by molar-refractivity contribution is 6.39. The zero-order valence-corrected chi connectivity index (χ0v) is 8.06. The van der Waals surface area contributed by atoms with Crippen molar-refractivity contribution in [3.8, 4) is 5.75 Å². The zero-order chi connectivity index (χ0) is 12.1. The molecule has 0 heterocycles. The predicted octanol–water partition coefficient (Wildman–Crippen LogP) is -1.32. The molecular formula is C9H9N3O4. The number of anilines is 1. The first kappa shape index (κ1) is 11.7. The molecule has 0 atom stereocenters. The fraction of sp³-hybridized carbons (Fsp3) is 0. The first-order chi connectivity index (χ1) is 7.54. The van der Waals surface area contributed by atoms with Crippen LogP contribution in [0, 0.1) is 0 Å². The molecule has 1 aromatic rings. The van der Waals surface area contributed by atoms with Crippen LogP contribution >= 0.6 is 0 Å². The van der Waals surface area contributed by atoms with Crippen molar-refractivity contribution in [1.82, 2.24) is 5.43 Å². The first-order valence-electron chi connectivity index (χ1n) is 4.20. The van der Waals surface area contributed by atoms with Crippen LogP contribution in [0.15, 0.2) is 29.1 Å². The third-order valence-corrected chi connectivity index (χ3v) is 1.68. The lowest BCUT2D eigenvalue weighted by Gasteiger charge is -2.00. The molecule has 0 fully saturated rings. The average molecular weight is 223 g/mol. The van der Waals surface area contributed by atoms with Crippen LogP contribution in [0.2, 0.25) is 0 Å². The number of hydrazine groups is 1. The van der Waals surface area contributed by atoms with Gasteiger partial charge in [0, 0.05) is 5.69 Å². The summed E-state index contributed by atoms with van der Waals surface area (Å²) in [5, 5.41) is 11.3. The monoisotopic (exact) mass is 223 g/mol. The van der Waals surface area contributed by atoms with E-state index < -0.39 is 23.0 Å². The minimum Gasteiger partial charge on any atom is -0.504 e. The quantitative estimate of drug-likeness (QED) is 0.203. The number of nitrogens with one attached hydrogen (secondary N) is 2. The summed E-state index contributed by atoms with van der Waals surface area (Å²) in [6.45, 7) is 0. The Balaban J connectivity index is 2.92. The minimum absolute atomic E-state index is 0.186. The van der Waals surface area contributed by atoms with Gasteiger partial charge in [-0.25, -0.2) is 5.84 Å². The zero-order valence-electron chi connectivity index (χ0n) is 8.06. The highest BCUT2D eigenvalue weighted by Crippen LogP contribution is 2.06. The second-order valence-corrected chi connectivity index (χ2v) is 2.80. The number of amides is 2. The van der Waals surface area contributed by atoms with Crippen LogP contribution in [-0.4, -0.2) is 16.9 Å². The number of aromatic hydroxyl groups is 1. The fourth-order valence-corrected chi connectivity index (χ4v) is 0.894.